The maximum absolute atomic E-state index is 13.9. The Kier molecular flexibility index (Phi) is 11.1. The first-order chi connectivity index (χ1) is 22.0. The summed E-state index contributed by atoms with van der Waals surface area (Å²) in [6.07, 6.45) is 0.139. The molecule has 1 aromatic heterocycles. The molecule has 5 rings (SSSR count). The standard InChI is InChI=1S/C33H44N4O8S/c1-17(2)13-20(15-24(38)27(18(3)4)37-33(42)45-25-16-44-32-21(25)10-12-43-32)30(41)35-23(14-19-9-11-34-29(19)40)28(39)31-36-22-7-5-6-8-26(22)46-31/h5-8,17-21,23,25,27,32H,9-16H2,1-4H3,(H,34,40)(H,35,41)(H,37,42)/t19?,20-,21?,23+,25?,27+,32?/m1/s1. The maximum Gasteiger partial charge on any atom is 0.408 e. The second kappa shape index (κ2) is 15.0. The molecule has 4 unspecified atom stereocenters. The lowest BCUT2D eigenvalue weighted by Crippen LogP contribution is -2.49. The van der Waals surface area contributed by atoms with E-state index in [0.717, 1.165) is 11.1 Å². The van der Waals surface area contributed by atoms with Gasteiger partial charge in [0.15, 0.2) is 17.1 Å². The zero-order valence-electron chi connectivity index (χ0n) is 26.8. The highest BCUT2D eigenvalue weighted by molar-refractivity contribution is 7.20. The molecule has 3 amide bonds. The largest absolute Gasteiger partial charge is 0.443 e. The van der Waals surface area contributed by atoms with Crippen molar-refractivity contribution in [1.82, 2.24) is 20.9 Å². The Morgan fingerprint density at radius 1 is 1.09 bits per heavy atom. The Morgan fingerprint density at radius 3 is 2.57 bits per heavy atom. The number of hydrogen-bond donors (Lipinski definition) is 3. The van der Waals surface area contributed by atoms with E-state index in [0.29, 0.717) is 31.5 Å². The van der Waals surface area contributed by atoms with Crippen LogP contribution in [0.1, 0.15) is 69.6 Å². The van der Waals surface area contributed by atoms with Gasteiger partial charge >= 0.3 is 6.09 Å². The number of hydrogen-bond acceptors (Lipinski definition) is 10. The SMILES string of the molecule is CC(C)C[C@H](CC(=O)[C@@H](NC(=O)OC1COC2OCCC12)C(C)C)C(=O)N[C@@H](CC1CCNC1=O)C(=O)c1nc2ccccc2s1. The zero-order chi connectivity index (χ0) is 33.0. The zero-order valence-corrected chi connectivity index (χ0v) is 27.6. The molecule has 4 heterocycles. The van der Waals surface area contributed by atoms with Crippen molar-refractivity contribution in [3.05, 3.63) is 29.3 Å². The van der Waals surface area contributed by atoms with E-state index in [9.17, 15) is 24.0 Å². The number of rotatable bonds is 14. The molecule has 46 heavy (non-hydrogen) atoms. The highest BCUT2D eigenvalue weighted by atomic mass is 32.1. The number of thiazole rings is 1. The second-order valence-electron chi connectivity index (χ2n) is 13.3. The normalized spacial score (nSPS) is 24.4. The second-order valence-corrected chi connectivity index (χ2v) is 14.3. The minimum absolute atomic E-state index is 0.0354. The Morgan fingerprint density at radius 2 is 1.87 bits per heavy atom. The summed E-state index contributed by atoms with van der Waals surface area (Å²) in [5.74, 6) is -2.67. The van der Waals surface area contributed by atoms with Crippen LogP contribution < -0.4 is 16.0 Å². The fraction of sp³-hybridized carbons (Fsp3) is 0.636. The molecule has 7 atom stereocenters. The molecule has 12 nitrogen and oxygen atoms in total. The summed E-state index contributed by atoms with van der Waals surface area (Å²) >= 11 is 1.24. The van der Waals surface area contributed by atoms with Crippen molar-refractivity contribution in [2.24, 2.45) is 29.6 Å². The number of fused-ring (bicyclic) bond motifs is 2. The molecule has 2 aromatic rings. The highest BCUT2D eigenvalue weighted by Crippen LogP contribution is 2.33. The van der Waals surface area contributed by atoms with Crippen molar-refractivity contribution in [3.63, 3.8) is 0 Å². The van der Waals surface area contributed by atoms with Crippen LogP contribution in [0.25, 0.3) is 10.2 Å². The van der Waals surface area contributed by atoms with E-state index >= 15 is 0 Å². The van der Waals surface area contributed by atoms with E-state index in [-0.39, 0.29) is 66.0 Å². The molecule has 1 aromatic carbocycles. The first-order valence-electron chi connectivity index (χ1n) is 16.2. The van der Waals surface area contributed by atoms with Crippen LogP contribution >= 0.6 is 11.3 Å². The number of aromatic nitrogens is 1. The van der Waals surface area contributed by atoms with Crippen molar-refractivity contribution in [1.29, 1.82) is 0 Å². The maximum atomic E-state index is 13.9. The van der Waals surface area contributed by atoms with Gasteiger partial charge in [-0.3, -0.25) is 19.2 Å². The topological polar surface area (TPSA) is 162 Å². The van der Waals surface area contributed by atoms with Crippen molar-refractivity contribution in [2.45, 2.75) is 84.3 Å². The van der Waals surface area contributed by atoms with E-state index in [4.69, 9.17) is 14.2 Å². The van der Waals surface area contributed by atoms with Crippen LogP contribution in [-0.4, -0.2) is 78.7 Å². The van der Waals surface area contributed by atoms with E-state index < -0.39 is 42.0 Å². The van der Waals surface area contributed by atoms with Gasteiger partial charge in [-0.2, -0.15) is 0 Å². The number of ketones is 2. The summed E-state index contributed by atoms with van der Waals surface area (Å²) in [5, 5.41) is 8.68. The van der Waals surface area contributed by atoms with Crippen LogP contribution in [-0.2, 0) is 28.6 Å². The van der Waals surface area contributed by atoms with E-state index in [2.05, 4.69) is 20.9 Å². The fourth-order valence-corrected chi connectivity index (χ4v) is 7.45. The Bertz CT molecular complexity index is 1410. The van der Waals surface area contributed by atoms with Crippen LogP contribution in [0.3, 0.4) is 0 Å². The average molecular weight is 657 g/mol. The van der Waals surface area contributed by atoms with Crippen LogP contribution in [0.15, 0.2) is 24.3 Å². The van der Waals surface area contributed by atoms with Crippen LogP contribution in [0.4, 0.5) is 4.79 Å². The molecule has 250 valence electrons. The number of benzene rings is 1. The fourth-order valence-electron chi connectivity index (χ4n) is 6.49. The van der Waals surface area contributed by atoms with Gasteiger partial charge in [0.05, 0.1) is 41.4 Å². The van der Waals surface area contributed by atoms with Crippen molar-refractivity contribution >= 4 is 51.0 Å². The van der Waals surface area contributed by atoms with Crippen LogP contribution in [0, 0.1) is 29.6 Å². The minimum atomic E-state index is -0.988. The molecule has 0 aliphatic carbocycles. The Hall–Kier alpha value is -3.42. The number of Topliss-reactive ketones (excluding diaryl/α,β-unsaturated/α-hetero) is 2. The molecular formula is C33H44N4O8S. The number of carbonyl (C=O) groups is 5. The van der Waals surface area contributed by atoms with Crippen molar-refractivity contribution in [3.8, 4) is 0 Å². The van der Waals surface area contributed by atoms with Gasteiger partial charge in [-0.25, -0.2) is 9.78 Å². The third kappa shape index (κ3) is 8.10. The predicted molar refractivity (Wildman–Crippen MR) is 170 cm³/mol. The third-order valence-corrected chi connectivity index (χ3v) is 9.98. The van der Waals surface area contributed by atoms with Gasteiger partial charge in [0.1, 0.15) is 6.10 Å². The van der Waals surface area contributed by atoms with Crippen LogP contribution in [0.2, 0.25) is 0 Å². The predicted octanol–water partition coefficient (Wildman–Crippen LogP) is 3.62. The van der Waals surface area contributed by atoms with Gasteiger partial charge in [-0.1, -0.05) is 39.8 Å². The highest BCUT2D eigenvalue weighted by Gasteiger charge is 2.44. The number of ether oxygens (including phenoxy) is 3. The number of nitrogens with zero attached hydrogens (tertiary/aromatic N) is 1. The molecule has 3 saturated heterocycles. The smallest absolute Gasteiger partial charge is 0.408 e. The number of nitrogens with one attached hydrogen (secondary N) is 3. The molecule has 3 aliphatic heterocycles. The van der Waals surface area contributed by atoms with E-state index in [1.165, 1.54) is 11.3 Å². The van der Waals surface area contributed by atoms with Gasteiger partial charge in [0.25, 0.3) is 0 Å². The number of amides is 3. The average Bonchev–Trinajstić information content (AvgIpc) is 3.80. The first kappa shape index (κ1) is 33.9. The van der Waals surface area contributed by atoms with Crippen LogP contribution in [0.5, 0.6) is 0 Å². The molecule has 13 heteroatoms. The molecule has 3 N–H and O–H groups in total. The van der Waals surface area contributed by atoms with Gasteiger partial charge in [0.2, 0.25) is 17.6 Å². The lowest BCUT2D eigenvalue weighted by molar-refractivity contribution is -0.131. The Balaban J connectivity index is 1.28. The van der Waals surface area contributed by atoms with Gasteiger partial charge in [-0.05, 0) is 49.7 Å². The summed E-state index contributed by atoms with van der Waals surface area (Å²) in [6.45, 7) is 8.84. The first-order valence-corrected chi connectivity index (χ1v) is 17.0. The Labute approximate surface area is 272 Å². The third-order valence-electron chi connectivity index (χ3n) is 8.93. The van der Waals surface area contributed by atoms with Gasteiger partial charge in [-0.15, -0.1) is 11.3 Å². The molecule has 3 aliphatic rings. The summed E-state index contributed by atoms with van der Waals surface area (Å²) in [7, 11) is 0. The number of carbonyl (C=O) groups excluding carboxylic acids is 5. The lowest BCUT2D eigenvalue weighted by Gasteiger charge is -2.27. The lowest BCUT2D eigenvalue weighted by atomic mass is 9.86. The van der Waals surface area contributed by atoms with E-state index in [1.807, 2.05) is 52.0 Å². The van der Waals surface area contributed by atoms with E-state index in [1.54, 1.807) is 0 Å². The molecule has 0 bridgehead atoms. The van der Waals surface area contributed by atoms with Crippen molar-refractivity contribution < 1.29 is 38.2 Å². The van der Waals surface area contributed by atoms with Gasteiger partial charge < -0.3 is 30.2 Å². The summed E-state index contributed by atoms with van der Waals surface area (Å²) in [6, 6.07) is 5.54. The van der Waals surface area contributed by atoms with Gasteiger partial charge in [0, 0.05) is 24.8 Å². The quantitative estimate of drug-likeness (QED) is 0.258. The number of para-hydroxylation sites is 1. The molecular weight excluding hydrogens is 612 g/mol. The minimum Gasteiger partial charge on any atom is -0.443 e. The molecule has 3 fully saturated rings. The monoisotopic (exact) mass is 656 g/mol. The number of alkyl carbamates (subject to hydrolysis) is 1. The summed E-state index contributed by atoms with van der Waals surface area (Å²) < 4.78 is 17.5. The molecule has 0 spiro atoms. The molecule has 0 radical (unpaired) electrons. The molecule has 0 saturated carbocycles. The van der Waals surface area contributed by atoms with Crippen molar-refractivity contribution in [2.75, 3.05) is 19.8 Å². The summed E-state index contributed by atoms with van der Waals surface area (Å²) in [5.41, 5.74) is 0.686. The summed E-state index contributed by atoms with van der Waals surface area (Å²) in [4.78, 5) is 71.2.